The van der Waals surface area contributed by atoms with E-state index in [-0.39, 0.29) is 30.4 Å². The zero-order chi connectivity index (χ0) is 25.2. The lowest BCUT2D eigenvalue weighted by atomic mass is 9.96. The fourth-order valence-corrected chi connectivity index (χ4v) is 5.72. The maximum absolute atomic E-state index is 13.2. The van der Waals surface area contributed by atoms with Crippen LogP contribution in [0.3, 0.4) is 0 Å². The average molecular weight is 491 g/mol. The molecular formula is C27H34N6O3. The summed E-state index contributed by atoms with van der Waals surface area (Å²) in [5, 5.41) is 22.2. The minimum Gasteiger partial charge on any atom is -0.390 e. The molecule has 5 rings (SSSR count). The molecule has 4 heterocycles. The summed E-state index contributed by atoms with van der Waals surface area (Å²) in [6.45, 7) is 4.83. The van der Waals surface area contributed by atoms with Crippen LogP contribution in [0.2, 0.25) is 0 Å². The van der Waals surface area contributed by atoms with Gasteiger partial charge in [-0.25, -0.2) is 0 Å². The first-order valence-corrected chi connectivity index (χ1v) is 12.8. The Balaban J connectivity index is 1.17. The second-order valence-electron chi connectivity index (χ2n) is 10.2. The van der Waals surface area contributed by atoms with Gasteiger partial charge >= 0.3 is 0 Å². The fraction of sp³-hybridized carbons (Fsp3) is 0.481. The first-order valence-electron chi connectivity index (χ1n) is 12.8. The predicted octanol–water partition coefficient (Wildman–Crippen LogP) is 2.53. The van der Waals surface area contributed by atoms with Gasteiger partial charge in [-0.05, 0) is 57.7 Å². The summed E-state index contributed by atoms with van der Waals surface area (Å²) in [7, 11) is 0. The van der Waals surface area contributed by atoms with E-state index >= 15 is 0 Å². The maximum Gasteiger partial charge on any atom is 0.272 e. The van der Waals surface area contributed by atoms with Crippen LogP contribution in [0.25, 0.3) is 10.9 Å². The van der Waals surface area contributed by atoms with Crippen molar-refractivity contribution in [1.82, 2.24) is 30.3 Å². The van der Waals surface area contributed by atoms with E-state index in [1.165, 1.54) is 0 Å². The number of rotatable bonds is 8. The molecule has 0 saturated carbocycles. The molecule has 2 aliphatic heterocycles. The third-order valence-corrected chi connectivity index (χ3v) is 7.40. The number of nitrogens with zero attached hydrogens (tertiary/aromatic N) is 4. The van der Waals surface area contributed by atoms with Gasteiger partial charge in [0.05, 0.1) is 11.6 Å². The molecule has 3 N–H and O–H groups in total. The van der Waals surface area contributed by atoms with Crippen LogP contribution >= 0.6 is 0 Å². The van der Waals surface area contributed by atoms with Crippen molar-refractivity contribution >= 4 is 22.7 Å². The Morgan fingerprint density at radius 1 is 1.06 bits per heavy atom. The third kappa shape index (κ3) is 4.99. The van der Waals surface area contributed by atoms with Crippen LogP contribution < -0.4 is 10.6 Å². The topological polar surface area (TPSA) is 112 Å². The number of aliphatic hydroxyl groups excluding tert-OH is 1. The van der Waals surface area contributed by atoms with Crippen molar-refractivity contribution in [2.75, 3.05) is 13.1 Å². The van der Waals surface area contributed by atoms with Gasteiger partial charge in [0.2, 0.25) is 0 Å². The molecular weight excluding hydrogens is 456 g/mol. The molecule has 2 fully saturated rings. The number of hydrogen-bond donors (Lipinski definition) is 3. The van der Waals surface area contributed by atoms with E-state index in [4.69, 9.17) is 0 Å². The van der Waals surface area contributed by atoms with Gasteiger partial charge in [0.1, 0.15) is 0 Å². The van der Waals surface area contributed by atoms with E-state index in [1.54, 1.807) is 24.5 Å². The monoisotopic (exact) mass is 490 g/mol. The number of piperidine rings is 1. The van der Waals surface area contributed by atoms with Gasteiger partial charge in [0, 0.05) is 60.6 Å². The minimum absolute atomic E-state index is 0.0812. The van der Waals surface area contributed by atoms with Crippen molar-refractivity contribution < 1.29 is 14.7 Å². The van der Waals surface area contributed by atoms with E-state index in [0.717, 1.165) is 36.6 Å². The van der Waals surface area contributed by atoms with Crippen LogP contribution in [0.1, 0.15) is 66.4 Å². The number of benzene rings is 1. The molecule has 2 saturated heterocycles. The van der Waals surface area contributed by atoms with Crippen molar-refractivity contribution in [3.05, 3.63) is 60.0 Å². The van der Waals surface area contributed by atoms with Crippen LogP contribution in [0.15, 0.2) is 48.8 Å². The first kappa shape index (κ1) is 24.4. The molecule has 2 aliphatic rings. The molecule has 0 aliphatic carbocycles. The van der Waals surface area contributed by atoms with Crippen molar-refractivity contribution in [3.8, 4) is 0 Å². The molecule has 2 unspecified atom stereocenters. The molecule has 2 bridgehead atoms. The van der Waals surface area contributed by atoms with Gasteiger partial charge in [-0.3, -0.25) is 24.2 Å². The predicted molar refractivity (Wildman–Crippen MR) is 137 cm³/mol. The fourth-order valence-electron chi connectivity index (χ4n) is 5.72. The highest BCUT2D eigenvalue weighted by atomic mass is 16.3. The summed E-state index contributed by atoms with van der Waals surface area (Å²) in [5.41, 5.74) is 1.98. The summed E-state index contributed by atoms with van der Waals surface area (Å²) in [6.07, 6.45) is 6.30. The quantitative estimate of drug-likeness (QED) is 0.447. The van der Waals surface area contributed by atoms with E-state index in [1.807, 2.05) is 28.9 Å². The number of nitrogens with one attached hydrogen (secondary N) is 2. The van der Waals surface area contributed by atoms with Crippen molar-refractivity contribution in [1.29, 1.82) is 0 Å². The first-order chi connectivity index (χ1) is 17.4. The Kier molecular flexibility index (Phi) is 7.02. The Hall–Kier alpha value is -3.30. The van der Waals surface area contributed by atoms with E-state index in [9.17, 15) is 14.7 Å². The van der Waals surface area contributed by atoms with Crippen LogP contribution in [-0.2, 0) is 0 Å². The second kappa shape index (κ2) is 10.4. The summed E-state index contributed by atoms with van der Waals surface area (Å²) in [5.74, 6) is -0.337. The van der Waals surface area contributed by atoms with Crippen LogP contribution in [-0.4, -0.2) is 73.9 Å². The van der Waals surface area contributed by atoms with Gasteiger partial charge in [-0.1, -0.05) is 18.2 Å². The van der Waals surface area contributed by atoms with Crippen LogP contribution in [0, 0.1) is 0 Å². The molecule has 9 nitrogen and oxygen atoms in total. The number of amides is 2. The summed E-state index contributed by atoms with van der Waals surface area (Å²) in [6, 6.07) is 12.0. The van der Waals surface area contributed by atoms with Gasteiger partial charge in [0.15, 0.2) is 5.69 Å². The van der Waals surface area contributed by atoms with Crippen LogP contribution in [0.5, 0.6) is 0 Å². The van der Waals surface area contributed by atoms with Gasteiger partial charge in [0.25, 0.3) is 11.8 Å². The maximum atomic E-state index is 13.2. The highest BCUT2D eigenvalue weighted by Gasteiger charge is 2.42. The van der Waals surface area contributed by atoms with Crippen LogP contribution in [0.4, 0.5) is 0 Å². The minimum atomic E-state index is -0.656. The summed E-state index contributed by atoms with van der Waals surface area (Å²) >= 11 is 0. The lowest BCUT2D eigenvalue weighted by Crippen LogP contribution is -2.53. The number of carbonyl (C=O) groups is 2. The van der Waals surface area contributed by atoms with E-state index in [0.29, 0.717) is 29.9 Å². The normalized spacial score (nSPS) is 22.6. The lowest BCUT2D eigenvalue weighted by molar-refractivity contribution is 0.0493. The summed E-state index contributed by atoms with van der Waals surface area (Å²) in [4.78, 5) is 31.8. The third-order valence-electron chi connectivity index (χ3n) is 7.40. The van der Waals surface area contributed by atoms with Crippen molar-refractivity contribution in [2.24, 2.45) is 0 Å². The van der Waals surface area contributed by atoms with Gasteiger partial charge in [-0.15, -0.1) is 0 Å². The Morgan fingerprint density at radius 3 is 2.44 bits per heavy atom. The van der Waals surface area contributed by atoms with E-state index < -0.39 is 6.10 Å². The van der Waals surface area contributed by atoms with Crippen molar-refractivity contribution in [3.63, 3.8) is 0 Å². The molecule has 2 amide bonds. The molecule has 190 valence electrons. The largest absolute Gasteiger partial charge is 0.390 e. The SMILES string of the molecule is CC(C)n1nc(C(=O)NC2C[C@H]3CC[C@@H](C2)N3CC(O)CNC(=O)c2ccncc2)c2ccccc21. The molecule has 9 heteroatoms. The Labute approximate surface area is 210 Å². The number of pyridine rings is 1. The molecule has 36 heavy (non-hydrogen) atoms. The zero-order valence-electron chi connectivity index (χ0n) is 20.8. The number of fused-ring (bicyclic) bond motifs is 3. The highest BCUT2D eigenvalue weighted by molar-refractivity contribution is 6.05. The van der Waals surface area contributed by atoms with Gasteiger partial charge < -0.3 is 15.7 Å². The van der Waals surface area contributed by atoms with Crippen molar-refractivity contribution in [2.45, 2.75) is 69.8 Å². The number of para-hydroxylation sites is 1. The number of carbonyl (C=O) groups excluding carboxylic acids is 2. The number of hydrogen-bond acceptors (Lipinski definition) is 6. The highest BCUT2D eigenvalue weighted by Crippen LogP contribution is 2.36. The molecule has 0 spiro atoms. The molecule has 3 aromatic rings. The molecule has 4 atom stereocenters. The molecule has 0 radical (unpaired) electrons. The lowest BCUT2D eigenvalue weighted by Gasteiger charge is -2.40. The zero-order valence-corrected chi connectivity index (χ0v) is 20.8. The average Bonchev–Trinajstić information content (AvgIpc) is 3.37. The smallest absolute Gasteiger partial charge is 0.272 e. The number of aliphatic hydroxyl groups is 1. The standard InChI is InChI=1S/C27H34N6O3/c1-17(2)33-24-6-4-3-5-23(24)25(31-33)27(36)30-19-13-20-7-8-21(14-19)32(20)16-22(34)15-29-26(35)18-9-11-28-12-10-18/h3-6,9-12,17,19-22,34H,7-8,13-16H2,1-2H3,(H,29,35)(H,30,36)/t19?,20-,21+,22?. The van der Waals surface area contributed by atoms with Gasteiger partial charge in [-0.2, -0.15) is 5.10 Å². The Morgan fingerprint density at radius 2 is 1.75 bits per heavy atom. The Bertz CT molecular complexity index is 1210. The number of aromatic nitrogens is 3. The molecule has 2 aromatic heterocycles. The second-order valence-corrected chi connectivity index (χ2v) is 10.2. The van der Waals surface area contributed by atoms with E-state index in [2.05, 4.69) is 39.5 Å². The molecule has 1 aromatic carbocycles. The summed E-state index contributed by atoms with van der Waals surface area (Å²) < 4.78 is 1.91.